The van der Waals surface area contributed by atoms with Gasteiger partial charge in [-0.25, -0.2) is 4.98 Å². The molecule has 28 heavy (non-hydrogen) atoms. The molecule has 1 aromatic carbocycles. The van der Waals surface area contributed by atoms with E-state index in [1.807, 2.05) is 39.0 Å². The molecule has 1 aliphatic rings. The fraction of sp³-hybridized carbons (Fsp3) is 0.381. The summed E-state index contributed by atoms with van der Waals surface area (Å²) < 4.78 is 1.58. The molecule has 4 rings (SSSR count). The second kappa shape index (κ2) is 7.37. The summed E-state index contributed by atoms with van der Waals surface area (Å²) in [4.78, 5) is 32.4. The minimum Gasteiger partial charge on any atom is -0.325 e. The monoisotopic (exact) mass is 413 g/mol. The van der Waals surface area contributed by atoms with Crippen molar-refractivity contribution >= 4 is 44.9 Å². The molecule has 0 saturated carbocycles. The first-order valence-electron chi connectivity index (χ1n) is 9.41. The van der Waals surface area contributed by atoms with E-state index in [-0.39, 0.29) is 16.7 Å². The Kier molecular flexibility index (Phi) is 5.05. The highest BCUT2D eigenvalue weighted by atomic mass is 32.2. The molecule has 0 aliphatic heterocycles. The number of aryl methyl sites for hydroxylation is 4. The third kappa shape index (κ3) is 3.37. The second-order valence-corrected chi connectivity index (χ2v) is 9.76. The number of hydrogen-bond acceptors (Lipinski definition) is 5. The van der Waals surface area contributed by atoms with Gasteiger partial charge in [-0.3, -0.25) is 14.2 Å². The molecule has 2 heterocycles. The van der Waals surface area contributed by atoms with Gasteiger partial charge in [0.25, 0.3) is 5.56 Å². The lowest BCUT2D eigenvalue weighted by atomic mass is 10.1. The summed E-state index contributed by atoms with van der Waals surface area (Å²) in [7, 11) is 1.74. The molecule has 1 aliphatic carbocycles. The minimum atomic E-state index is -0.373. The van der Waals surface area contributed by atoms with E-state index in [0.29, 0.717) is 5.16 Å². The maximum Gasteiger partial charge on any atom is 0.262 e. The highest BCUT2D eigenvalue weighted by Crippen LogP contribution is 2.35. The van der Waals surface area contributed by atoms with Gasteiger partial charge in [0.2, 0.25) is 5.91 Å². The Morgan fingerprint density at radius 2 is 2.11 bits per heavy atom. The Labute approximate surface area is 172 Å². The summed E-state index contributed by atoms with van der Waals surface area (Å²) in [5.41, 5.74) is 4.13. The van der Waals surface area contributed by atoms with Gasteiger partial charge in [-0.15, -0.1) is 11.3 Å². The Bertz CT molecular complexity index is 1150. The number of aromatic nitrogens is 2. The van der Waals surface area contributed by atoms with E-state index in [4.69, 9.17) is 4.98 Å². The first-order chi connectivity index (χ1) is 13.3. The summed E-state index contributed by atoms with van der Waals surface area (Å²) in [6.45, 7) is 5.82. The van der Waals surface area contributed by atoms with Gasteiger partial charge in [-0.2, -0.15) is 0 Å². The average molecular weight is 414 g/mol. The Balaban J connectivity index is 1.59. The number of thiophene rings is 1. The Hall–Kier alpha value is -2.12. The number of carbonyl (C=O) groups excluding carboxylic acids is 1. The molecule has 0 bridgehead atoms. The lowest BCUT2D eigenvalue weighted by Crippen LogP contribution is -2.25. The number of nitrogens with zero attached hydrogens (tertiary/aromatic N) is 2. The molecular formula is C21H23N3O2S2. The lowest BCUT2D eigenvalue weighted by Gasteiger charge is -2.15. The van der Waals surface area contributed by atoms with E-state index < -0.39 is 0 Å². The summed E-state index contributed by atoms with van der Waals surface area (Å²) in [5.74, 6) is -0.0956. The van der Waals surface area contributed by atoms with Gasteiger partial charge >= 0.3 is 0 Å². The van der Waals surface area contributed by atoms with Gasteiger partial charge in [0.1, 0.15) is 4.83 Å². The van der Waals surface area contributed by atoms with Gasteiger partial charge in [-0.1, -0.05) is 23.9 Å². The lowest BCUT2D eigenvalue weighted by molar-refractivity contribution is -0.115. The zero-order chi connectivity index (χ0) is 20.0. The first-order valence-corrected chi connectivity index (χ1v) is 11.1. The van der Waals surface area contributed by atoms with Crippen molar-refractivity contribution in [2.24, 2.45) is 7.05 Å². The van der Waals surface area contributed by atoms with Crippen LogP contribution in [0.1, 0.15) is 34.9 Å². The van der Waals surface area contributed by atoms with Crippen molar-refractivity contribution in [1.29, 1.82) is 0 Å². The standard InChI is InChI=1S/C21H23N3O2S2/c1-11-8-9-12(2)15(10-11)22-18(25)13(3)27-21-23-19-17(20(26)24(21)4)14-6-5-7-16(14)28-19/h8-10,13H,5-7H2,1-4H3,(H,22,25)/t13-/m1/s1. The van der Waals surface area contributed by atoms with Crippen LogP contribution >= 0.6 is 23.1 Å². The quantitative estimate of drug-likeness (QED) is 0.514. The average Bonchev–Trinajstić information content (AvgIpc) is 3.23. The highest BCUT2D eigenvalue weighted by Gasteiger charge is 2.24. The van der Waals surface area contributed by atoms with Crippen LogP contribution in [0.15, 0.2) is 28.2 Å². The molecule has 5 nitrogen and oxygen atoms in total. The second-order valence-electron chi connectivity index (χ2n) is 7.36. The molecule has 1 atom stereocenters. The van der Waals surface area contributed by atoms with E-state index in [9.17, 15) is 9.59 Å². The molecule has 1 N–H and O–H groups in total. The molecule has 2 aromatic heterocycles. The molecule has 0 unspecified atom stereocenters. The van der Waals surface area contributed by atoms with Crippen molar-refractivity contribution in [3.05, 3.63) is 50.1 Å². The largest absolute Gasteiger partial charge is 0.325 e. The van der Waals surface area contributed by atoms with Crippen LogP contribution in [-0.2, 0) is 24.7 Å². The van der Waals surface area contributed by atoms with Gasteiger partial charge in [-0.05, 0) is 62.8 Å². The molecule has 146 valence electrons. The molecule has 0 radical (unpaired) electrons. The number of rotatable bonds is 4. The zero-order valence-corrected chi connectivity index (χ0v) is 18.1. The maximum absolute atomic E-state index is 12.9. The molecule has 0 fully saturated rings. The minimum absolute atomic E-state index is 0.00552. The van der Waals surface area contributed by atoms with E-state index in [1.54, 1.807) is 23.0 Å². The number of thioether (sulfide) groups is 1. The molecule has 1 amide bonds. The van der Waals surface area contributed by atoms with Gasteiger partial charge in [0, 0.05) is 17.6 Å². The van der Waals surface area contributed by atoms with Crippen molar-refractivity contribution in [2.45, 2.75) is 50.4 Å². The Morgan fingerprint density at radius 1 is 1.32 bits per heavy atom. The van der Waals surface area contributed by atoms with Crippen LogP contribution in [0.5, 0.6) is 0 Å². The van der Waals surface area contributed by atoms with Crippen LogP contribution in [-0.4, -0.2) is 20.7 Å². The van der Waals surface area contributed by atoms with Gasteiger partial charge < -0.3 is 5.32 Å². The van der Waals surface area contributed by atoms with Crippen molar-refractivity contribution in [3.8, 4) is 0 Å². The van der Waals surface area contributed by atoms with Gasteiger partial charge in [0.05, 0.1) is 10.6 Å². The number of nitrogens with one attached hydrogen (secondary N) is 1. The number of carbonyl (C=O) groups is 1. The summed E-state index contributed by atoms with van der Waals surface area (Å²) in [6, 6.07) is 5.99. The molecule has 3 aromatic rings. The van der Waals surface area contributed by atoms with Crippen molar-refractivity contribution in [3.63, 3.8) is 0 Å². The van der Waals surface area contributed by atoms with Gasteiger partial charge in [0.15, 0.2) is 5.16 Å². The molecule has 7 heteroatoms. The molecule has 0 saturated heterocycles. The smallest absolute Gasteiger partial charge is 0.262 e. The van der Waals surface area contributed by atoms with Crippen LogP contribution in [0, 0.1) is 13.8 Å². The van der Waals surface area contributed by atoms with E-state index in [0.717, 1.165) is 46.3 Å². The van der Waals surface area contributed by atoms with Crippen molar-refractivity contribution in [1.82, 2.24) is 9.55 Å². The predicted molar refractivity (Wildman–Crippen MR) is 117 cm³/mol. The van der Waals surface area contributed by atoms with Crippen molar-refractivity contribution in [2.75, 3.05) is 5.32 Å². The van der Waals surface area contributed by atoms with E-state index in [1.165, 1.54) is 22.2 Å². The number of fused-ring (bicyclic) bond motifs is 3. The zero-order valence-electron chi connectivity index (χ0n) is 16.5. The fourth-order valence-electron chi connectivity index (χ4n) is 3.53. The summed E-state index contributed by atoms with van der Waals surface area (Å²) >= 11 is 2.95. The Morgan fingerprint density at radius 3 is 2.89 bits per heavy atom. The third-order valence-electron chi connectivity index (χ3n) is 5.21. The normalized spacial score (nSPS) is 14.3. The van der Waals surface area contributed by atoms with Crippen LogP contribution in [0.25, 0.3) is 10.2 Å². The SMILES string of the molecule is Cc1ccc(C)c(NC(=O)[C@@H](C)Sc2nc3sc4c(c3c(=O)n2C)CCC4)c1. The number of hydrogen-bond donors (Lipinski definition) is 1. The fourth-order valence-corrected chi connectivity index (χ4v) is 5.70. The van der Waals surface area contributed by atoms with E-state index in [2.05, 4.69) is 5.32 Å². The predicted octanol–water partition coefficient (Wildman–Crippen LogP) is 4.22. The third-order valence-corrected chi connectivity index (χ3v) is 7.54. The maximum atomic E-state index is 12.9. The number of anilines is 1. The molecular weight excluding hydrogens is 390 g/mol. The van der Waals surface area contributed by atoms with Crippen LogP contribution in [0.3, 0.4) is 0 Å². The topological polar surface area (TPSA) is 64.0 Å². The first kappa shape index (κ1) is 19.2. The highest BCUT2D eigenvalue weighted by molar-refractivity contribution is 8.00. The summed E-state index contributed by atoms with van der Waals surface area (Å²) in [5, 5.41) is 3.99. The van der Waals surface area contributed by atoms with Crippen LogP contribution in [0.4, 0.5) is 5.69 Å². The van der Waals surface area contributed by atoms with E-state index >= 15 is 0 Å². The van der Waals surface area contributed by atoms with Crippen molar-refractivity contribution < 1.29 is 4.79 Å². The number of amides is 1. The van der Waals surface area contributed by atoms with Crippen LogP contribution in [0.2, 0.25) is 0 Å². The summed E-state index contributed by atoms with van der Waals surface area (Å²) in [6.07, 6.45) is 3.12. The van der Waals surface area contributed by atoms with Crippen LogP contribution < -0.4 is 10.9 Å². The molecule has 0 spiro atoms. The number of benzene rings is 1.